The Morgan fingerprint density at radius 2 is 1.93 bits per heavy atom. The third-order valence-electron chi connectivity index (χ3n) is 4.11. The van der Waals surface area contributed by atoms with Gasteiger partial charge in [-0.05, 0) is 49.4 Å². The lowest BCUT2D eigenvalue weighted by atomic mass is 10.3. The molecule has 2 aromatic carbocycles. The minimum absolute atomic E-state index is 0.0603. The number of para-hydroxylation sites is 1. The van der Waals surface area contributed by atoms with Crippen LogP contribution in [0.1, 0.15) is 17.5 Å². The number of aromatic nitrogens is 1. The standard InChI is InChI=1S/C21H16BrN3O4S/c1-12(28-14-6-4-5-13(22)11-14)19(26)24-25-20(27)16-9-10-17(29-16)21-23-15-7-2-3-8-18(15)30-21/h2-12H,1H3,(H,24,26)(H,25,27). The third kappa shape index (κ3) is 4.52. The van der Waals surface area contributed by atoms with E-state index < -0.39 is 17.9 Å². The van der Waals surface area contributed by atoms with Crippen LogP contribution in [0.5, 0.6) is 5.75 Å². The Kier molecular flexibility index (Phi) is 5.82. The van der Waals surface area contributed by atoms with Gasteiger partial charge in [-0.3, -0.25) is 20.4 Å². The number of rotatable bonds is 5. The fourth-order valence-electron chi connectivity index (χ4n) is 2.63. The van der Waals surface area contributed by atoms with Crippen LogP contribution in [-0.2, 0) is 4.79 Å². The number of nitrogens with one attached hydrogen (secondary N) is 2. The Labute approximate surface area is 184 Å². The first-order valence-corrected chi connectivity index (χ1v) is 10.6. The average Bonchev–Trinajstić information content (AvgIpc) is 3.38. The highest BCUT2D eigenvalue weighted by atomic mass is 79.9. The summed E-state index contributed by atoms with van der Waals surface area (Å²) in [5, 5.41) is 0.676. The first-order valence-electron chi connectivity index (χ1n) is 8.98. The lowest BCUT2D eigenvalue weighted by molar-refractivity contribution is -0.128. The minimum Gasteiger partial charge on any atom is -0.481 e. The maximum Gasteiger partial charge on any atom is 0.305 e. The number of ether oxygens (including phenoxy) is 1. The number of furan rings is 1. The van der Waals surface area contributed by atoms with Gasteiger partial charge in [0.15, 0.2) is 22.6 Å². The Morgan fingerprint density at radius 1 is 1.10 bits per heavy atom. The monoisotopic (exact) mass is 485 g/mol. The number of carbonyl (C=O) groups excluding carboxylic acids is 2. The van der Waals surface area contributed by atoms with Crippen molar-refractivity contribution < 1.29 is 18.7 Å². The summed E-state index contributed by atoms with van der Waals surface area (Å²) in [5.74, 6) is 0.000609. The van der Waals surface area contributed by atoms with Crippen LogP contribution in [0.15, 0.2) is 69.6 Å². The highest BCUT2D eigenvalue weighted by molar-refractivity contribution is 9.10. The zero-order valence-electron chi connectivity index (χ0n) is 15.7. The second kappa shape index (κ2) is 8.68. The van der Waals surface area contributed by atoms with Crippen LogP contribution in [-0.4, -0.2) is 22.9 Å². The van der Waals surface area contributed by atoms with Gasteiger partial charge in [-0.2, -0.15) is 0 Å². The molecular formula is C21H16BrN3O4S. The number of benzene rings is 2. The summed E-state index contributed by atoms with van der Waals surface area (Å²) >= 11 is 4.81. The van der Waals surface area contributed by atoms with Crippen molar-refractivity contribution in [2.45, 2.75) is 13.0 Å². The fourth-order valence-corrected chi connectivity index (χ4v) is 3.94. The number of amides is 2. The smallest absolute Gasteiger partial charge is 0.305 e. The molecule has 1 unspecified atom stereocenters. The normalized spacial score (nSPS) is 11.8. The maximum absolute atomic E-state index is 12.3. The van der Waals surface area contributed by atoms with Gasteiger partial charge in [0.05, 0.1) is 10.2 Å². The van der Waals surface area contributed by atoms with Crippen molar-refractivity contribution in [1.29, 1.82) is 0 Å². The number of nitrogens with zero attached hydrogens (tertiary/aromatic N) is 1. The predicted octanol–water partition coefficient (Wildman–Crippen LogP) is 4.55. The lowest BCUT2D eigenvalue weighted by Gasteiger charge is -2.15. The quantitative estimate of drug-likeness (QED) is 0.404. The van der Waals surface area contributed by atoms with E-state index in [9.17, 15) is 9.59 Å². The largest absolute Gasteiger partial charge is 0.481 e. The van der Waals surface area contributed by atoms with Crippen molar-refractivity contribution >= 4 is 49.3 Å². The van der Waals surface area contributed by atoms with E-state index in [1.54, 1.807) is 31.2 Å². The van der Waals surface area contributed by atoms with Crippen molar-refractivity contribution in [3.63, 3.8) is 0 Å². The summed E-state index contributed by atoms with van der Waals surface area (Å²) in [6.07, 6.45) is -0.811. The van der Waals surface area contributed by atoms with E-state index in [1.807, 2.05) is 30.3 Å². The molecule has 2 heterocycles. The molecule has 0 saturated carbocycles. The number of carbonyl (C=O) groups is 2. The van der Waals surface area contributed by atoms with Gasteiger partial charge in [0.1, 0.15) is 5.75 Å². The number of hydrazine groups is 1. The van der Waals surface area contributed by atoms with E-state index in [-0.39, 0.29) is 5.76 Å². The fraction of sp³-hybridized carbons (Fsp3) is 0.0952. The molecule has 4 rings (SSSR count). The second-order valence-corrected chi connectivity index (χ2v) is 8.26. The summed E-state index contributed by atoms with van der Waals surface area (Å²) in [5.41, 5.74) is 5.53. The number of halogens is 1. The summed E-state index contributed by atoms with van der Waals surface area (Å²) in [6, 6.07) is 18.1. The molecule has 0 spiro atoms. The molecule has 2 N–H and O–H groups in total. The molecule has 2 aromatic heterocycles. The Balaban J connectivity index is 1.35. The molecule has 9 heteroatoms. The minimum atomic E-state index is -0.811. The molecule has 0 fully saturated rings. The van der Waals surface area contributed by atoms with Gasteiger partial charge in [-0.15, -0.1) is 11.3 Å². The number of thiazole rings is 1. The molecule has 7 nitrogen and oxygen atoms in total. The van der Waals surface area contributed by atoms with E-state index in [2.05, 4.69) is 31.8 Å². The molecule has 152 valence electrons. The third-order valence-corrected chi connectivity index (χ3v) is 5.66. The van der Waals surface area contributed by atoms with Crippen molar-refractivity contribution in [1.82, 2.24) is 15.8 Å². The second-order valence-electron chi connectivity index (χ2n) is 6.31. The molecule has 0 saturated heterocycles. The molecule has 0 bridgehead atoms. The Hall–Kier alpha value is -3.17. The zero-order valence-corrected chi connectivity index (χ0v) is 18.1. The van der Waals surface area contributed by atoms with Gasteiger partial charge in [-0.25, -0.2) is 4.98 Å². The Bertz CT molecular complexity index is 1190. The van der Waals surface area contributed by atoms with Crippen LogP contribution in [0.25, 0.3) is 21.0 Å². The van der Waals surface area contributed by atoms with E-state index in [4.69, 9.17) is 9.15 Å². The van der Waals surface area contributed by atoms with Crippen LogP contribution >= 0.6 is 27.3 Å². The van der Waals surface area contributed by atoms with E-state index in [0.29, 0.717) is 16.5 Å². The van der Waals surface area contributed by atoms with Crippen LogP contribution < -0.4 is 15.6 Å². The van der Waals surface area contributed by atoms with Crippen LogP contribution in [0.3, 0.4) is 0 Å². The number of fused-ring (bicyclic) bond motifs is 1. The van der Waals surface area contributed by atoms with Crippen molar-refractivity contribution in [2.75, 3.05) is 0 Å². The molecule has 2 amide bonds. The number of hydrogen-bond donors (Lipinski definition) is 2. The summed E-state index contributed by atoms with van der Waals surface area (Å²) in [7, 11) is 0. The first-order chi connectivity index (χ1) is 14.5. The maximum atomic E-state index is 12.3. The molecule has 1 atom stereocenters. The topological polar surface area (TPSA) is 93.5 Å². The predicted molar refractivity (Wildman–Crippen MR) is 117 cm³/mol. The highest BCUT2D eigenvalue weighted by Gasteiger charge is 2.18. The lowest BCUT2D eigenvalue weighted by Crippen LogP contribution is -2.47. The average molecular weight is 486 g/mol. The van der Waals surface area contributed by atoms with Crippen LogP contribution in [0.2, 0.25) is 0 Å². The summed E-state index contributed by atoms with van der Waals surface area (Å²) in [6.45, 7) is 1.58. The van der Waals surface area contributed by atoms with Gasteiger partial charge >= 0.3 is 5.91 Å². The molecule has 0 aliphatic carbocycles. The van der Waals surface area contributed by atoms with Crippen molar-refractivity contribution in [2.24, 2.45) is 0 Å². The zero-order chi connectivity index (χ0) is 21.1. The van der Waals surface area contributed by atoms with Gasteiger partial charge in [0.25, 0.3) is 5.91 Å². The molecular weight excluding hydrogens is 470 g/mol. The van der Waals surface area contributed by atoms with Gasteiger partial charge < -0.3 is 9.15 Å². The summed E-state index contributed by atoms with van der Waals surface area (Å²) in [4.78, 5) is 29.0. The van der Waals surface area contributed by atoms with E-state index in [0.717, 1.165) is 14.7 Å². The Morgan fingerprint density at radius 3 is 2.73 bits per heavy atom. The van der Waals surface area contributed by atoms with Gasteiger partial charge in [0.2, 0.25) is 0 Å². The van der Waals surface area contributed by atoms with Crippen molar-refractivity contribution in [3.05, 3.63) is 70.9 Å². The van der Waals surface area contributed by atoms with Crippen LogP contribution in [0.4, 0.5) is 0 Å². The summed E-state index contributed by atoms with van der Waals surface area (Å²) < 4.78 is 13.0. The van der Waals surface area contributed by atoms with Gasteiger partial charge in [0, 0.05) is 4.47 Å². The molecule has 30 heavy (non-hydrogen) atoms. The molecule has 4 aromatic rings. The molecule has 0 aliphatic heterocycles. The molecule has 0 aliphatic rings. The van der Waals surface area contributed by atoms with E-state index >= 15 is 0 Å². The number of hydrogen-bond acceptors (Lipinski definition) is 6. The highest BCUT2D eigenvalue weighted by Crippen LogP contribution is 2.31. The van der Waals surface area contributed by atoms with Crippen LogP contribution in [0, 0.1) is 0 Å². The van der Waals surface area contributed by atoms with Crippen molar-refractivity contribution in [3.8, 4) is 16.5 Å². The van der Waals surface area contributed by atoms with E-state index in [1.165, 1.54) is 17.4 Å². The van der Waals surface area contributed by atoms with Gasteiger partial charge in [-0.1, -0.05) is 34.1 Å². The SMILES string of the molecule is CC(Oc1cccc(Br)c1)C(=O)NNC(=O)c1ccc(-c2nc3ccccc3s2)o1. The first kappa shape index (κ1) is 20.1. The molecule has 0 radical (unpaired) electrons.